The first-order valence-corrected chi connectivity index (χ1v) is 6.51. The number of hydrogen-bond donors (Lipinski definition) is 3. The second kappa shape index (κ2) is 7.76. The molecule has 1 aromatic carbocycles. The molecule has 5 N–H and O–H groups in total. The molecule has 6 heteroatoms. The van der Waals surface area contributed by atoms with Crippen molar-refractivity contribution in [1.29, 1.82) is 0 Å². The molecule has 0 bridgehead atoms. The van der Waals surface area contributed by atoms with Crippen molar-refractivity contribution < 1.29 is 9.59 Å². The van der Waals surface area contributed by atoms with Crippen LogP contribution in [-0.2, 0) is 4.79 Å². The number of carbonyl (C=O) groups excluding carboxylic acids is 2. The summed E-state index contributed by atoms with van der Waals surface area (Å²) in [6.45, 7) is 0.645. The van der Waals surface area contributed by atoms with Crippen LogP contribution >= 0.6 is 11.6 Å². The molecule has 1 aromatic rings. The fourth-order valence-electron chi connectivity index (χ4n) is 1.62. The highest BCUT2D eigenvalue weighted by Gasteiger charge is 2.08. The molecule has 0 aliphatic heterocycles. The van der Waals surface area contributed by atoms with Crippen LogP contribution in [-0.4, -0.2) is 18.4 Å². The van der Waals surface area contributed by atoms with Crippen molar-refractivity contribution in [1.82, 2.24) is 0 Å². The summed E-state index contributed by atoms with van der Waals surface area (Å²) in [7, 11) is 0. The van der Waals surface area contributed by atoms with Crippen LogP contribution in [0.5, 0.6) is 0 Å². The lowest BCUT2D eigenvalue weighted by Crippen LogP contribution is -2.13. The Morgan fingerprint density at radius 3 is 2.53 bits per heavy atom. The lowest BCUT2D eigenvalue weighted by Gasteiger charge is -2.07. The largest absolute Gasteiger partial charge is 0.366 e. The molecule has 0 saturated heterocycles. The minimum Gasteiger partial charge on any atom is -0.366 e. The summed E-state index contributed by atoms with van der Waals surface area (Å²) in [5.41, 5.74) is 11.3. The van der Waals surface area contributed by atoms with Gasteiger partial charge in [0.15, 0.2) is 0 Å². The van der Waals surface area contributed by atoms with Gasteiger partial charge >= 0.3 is 0 Å². The number of carbonyl (C=O) groups is 2. The average Bonchev–Trinajstić information content (AvgIpc) is 2.34. The quantitative estimate of drug-likeness (QED) is 0.667. The Labute approximate surface area is 117 Å². The minimum absolute atomic E-state index is 0.0834. The standard InChI is InChI=1S/C13H18ClN3O2/c14-11-8-9(5-6-10(11)13(16)19)17-12(18)4-2-1-3-7-15/h5-6,8H,1-4,7,15H2,(H2,16,19)(H,17,18). The molecular formula is C13H18ClN3O2. The molecule has 0 atom stereocenters. The Morgan fingerprint density at radius 2 is 1.95 bits per heavy atom. The summed E-state index contributed by atoms with van der Waals surface area (Å²) in [6, 6.07) is 4.61. The topological polar surface area (TPSA) is 98.2 Å². The van der Waals surface area contributed by atoms with E-state index < -0.39 is 5.91 Å². The van der Waals surface area contributed by atoms with E-state index in [1.807, 2.05) is 0 Å². The summed E-state index contributed by atoms with van der Waals surface area (Å²) in [5, 5.41) is 2.95. The van der Waals surface area contributed by atoms with Crippen LogP contribution in [0.4, 0.5) is 5.69 Å². The Hall–Kier alpha value is -1.59. The van der Waals surface area contributed by atoms with Crippen molar-refractivity contribution in [3.05, 3.63) is 28.8 Å². The normalized spacial score (nSPS) is 10.2. The van der Waals surface area contributed by atoms with Gasteiger partial charge in [0, 0.05) is 12.1 Å². The number of nitrogens with two attached hydrogens (primary N) is 2. The van der Waals surface area contributed by atoms with Crippen LogP contribution < -0.4 is 16.8 Å². The van der Waals surface area contributed by atoms with E-state index in [0.29, 0.717) is 18.7 Å². The summed E-state index contributed by atoms with van der Waals surface area (Å²) in [4.78, 5) is 22.6. The van der Waals surface area contributed by atoms with Gasteiger partial charge in [-0.05, 0) is 37.6 Å². The molecule has 0 saturated carbocycles. The number of unbranched alkanes of at least 4 members (excludes halogenated alkanes) is 2. The molecule has 104 valence electrons. The second-order valence-corrected chi connectivity index (χ2v) is 4.61. The highest BCUT2D eigenvalue weighted by atomic mass is 35.5. The van der Waals surface area contributed by atoms with Crippen LogP contribution in [0.15, 0.2) is 18.2 Å². The Bertz CT molecular complexity index is 463. The lowest BCUT2D eigenvalue weighted by atomic mass is 10.1. The van der Waals surface area contributed by atoms with Crippen molar-refractivity contribution in [3.63, 3.8) is 0 Å². The summed E-state index contributed by atoms with van der Waals surface area (Å²) < 4.78 is 0. The van der Waals surface area contributed by atoms with Crippen molar-refractivity contribution in [3.8, 4) is 0 Å². The molecule has 0 unspecified atom stereocenters. The fraction of sp³-hybridized carbons (Fsp3) is 0.385. The first-order valence-electron chi connectivity index (χ1n) is 6.14. The van der Waals surface area contributed by atoms with E-state index in [9.17, 15) is 9.59 Å². The molecule has 19 heavy (non-hydrogen) atoms. The molecule has 0 fully saturated rings. The Kier molecular flexibility index (Phi) is 6.32. The highest BCUT2D eigenvalue weighted by molar-refractivity contribution is 6.34. The van der Waals surface area contributed by atoms with E-state index in [-0.39, 0.29) is 16.5 Å². The maximum atomic E-state index is 11.6. The van der Waals surface area contributed by atoms with Gasteiger partial charge in [-0.2, -0.15) is 0 Å². The molecule has 0 aliphatic carbocycles. The third-order valence-corrected chi connectivity index (χ3v) is 2.94. The van der Waals surface area contributed by atoms with Gasteiger partial charge in [0.05, 0.1) is 10.6 Å². The SMILES string of the molecule is NCCCCCC(=O)Nc1ccc(C(N)=O)c(Cl)c1. The third-order valence-electron chi connectivity index (χ3n) is 2.63. The second-order valence-electron chi connectivity index (χ2n) is 4.21. The smallest absolute Gasteiger partial charge is 0.250 e. The fourth-order valence-corrected chi connectivity index (χ4v) is 1.90. The van der Waals surface area contributed by atoms with Gasteiger partial charge in [-0.25, -0.2) is 0 Å². The number of hydrogen-bond acceptors (Lipinski definition) is 3. The molecule has 0 aliphatic rings. The molecule has 2 amide bonds. The molecule has 0 radical (unpaired) electrons. The lowest BCUT2D eigenvalue weighted by molar-refractivity contribution is -0.116. The van der Waals surface area contributed by atoms with Crippen molar-refractivity contribution in [2.45, 2.75) is 25.7 Å². The zero-order valence-electron chi connectivity index (χ0n) is 10.6. The van der Waals surface area contributed by atoms with Gasteiger partial charge < -0.3 is 16.8 Å². The van der Waals surface area contributed by atoms with Crippen LogP contribution in [0.25, 0.3) is 0 Å². The first kappa shape index (κ1) is 15.5. The van der Waals surface area contributed by atoms with Gasteiger partial charge in [-0.3, -0.25) is 9.59 Å². The number of nitrogens with one attached hydrogen (secondary N) is 1. The zero-order valence-corrected chi connectivity index (χ0v) is 11.4. The number of halogens is 1. The van der Waals surface area contributed by atoms with Gasteiger partial charge in [0.1, 0.15) is 0 Å². The Balaban J connectivity index is 2.51. The Morgan fingerprint density at radius 1 is 1.21 bits per heavy atom. The van der Waals surface area contributed by atoms with Gasteiger partial charge in [-0.15, -0.1) is 0 Å². The summed E-state index contributed by atoms with van der Waals surface area (Å²) >= 11 is 5.89. The summed E-state index contributed by atoms with van der Waals surface area (Å²) in [5.74, 6) is -0.676. The van der Waals surface area contributed by atoms with Crippen molar-refractivity contribution in [2.24, 2.45) is 11.5 Å². The van der Waals surface area contributed by atoms with Crippen molar-refractivity contribution in [2.75, 3.05) is 11.9 Å². The molecular weight excluding hydrogens is 266 g/mol. The van der Waals surface area contributed by atoms with E-state index >= 15 is 0 Å². The molecule has 1 rings (SSSR count). The van der Waals surface area contributed by atoms with E-state index in [1.165, 1.54) is 12.1 Å². The van der Waals surface area contributed by atoms with Gasteiger partial charge in [0.2, 0.25) is 11.8 Å². The van der Waals surface area contributed by atoms with Gasteiger partial charge in [0.25, 0.3) is 0 Å². The van der Waals surface area contributed by atoms with Crippen LogP contribution in [0.3, 0.4) is 0 Å². The van der Waals surface area contributed by atoms with Gasteiger partial charge in [-0.1, -0.05) is 18.0 Å². The number of amides is 2. The highest BCUT2D eigenvalue weighted by Crippen LogP contribution is 2.20. The first-order chi connectivity index (χ1) is 9.04. The van der Waals surface area contributed by atoms with Crippen molar-refractivity contribution >= 4 is 29.1 Å². The minimum atomic E-state index is -0.593. The monoisotopic (exact) mass is 283 g/mol. The number of benzene rings is 1. The van der Waals surface area contributed by atoms with E-state index in [2.05, 4.69) is 5.32 Å². The van der Waals surface area contributed by atoms with Crippen LogP contribution in [0.2, 0.25) is 5.02 Å². The number of anilines is 1. The molecule has 0 spiro atoms. The third kappa shape index (κ3) is 5.28. The maximum absolute atomic E-state index is 11.6. The van der Waals surface area contributed by atoms with Crippen LogP contribution in [0.1, 0.15) is 36.0 Å². The average molecular weight is 284 g/mol. The predicted molar refractivity (Wildman–Crippen MR) is 76.1 cm³/mol. The van der Waals surface area contributed by atoms with E-state index in [4.69, 9.17) is 23.1 Å². The summed E-state index contributed by atoms with van der Waals surface area (Å²) in [6.07, 6.45) is 3.10. The maximum Gasteiger partial charge on any atom is 0.250 e. The number of rotatable bonds is 7. The molecule has 5 nitrogen and oxygen atoms in total. The van der Waals surface area contributed by atoms with E-state index in [0.717, 1.165) is 19.3 Å². The number of primary amides is 1. The molecule has 0 aromatic heterocycles. The zero-order chi connectivity index (χ0) is 14.3. The predicted octanol–water partition coefficient (Wildman–Crippen LogP) is 1.90. The molecule has 0 heterocycles. The van der Waals surface area contributed by atoms with E-state index in [1.54, 1.807) is 6.07 Å². The van der Waals surface area contributed by atoms with Crippen LogP contribution in [0, 0.1) is 0 Å².